The quantitative estimate of drug-likeness (QED) is 0.287. The van der Waals surface area contributed by atoms with E-state index in [0.717, 1.165) is 19.3 Å². The second-order valence-corrected chi connectivity index (χ2v) is 6.87. The molecule has 1 heterocycles. The summed E-state index contributed by atoms with van der Waals surface area (Å²) in [6.07, 6.45) is 2.96. The van der Waals surface area contributed by atoms with Crippen LogP contribution in [0.1, 0.15) is 43.4 Å². The molecule has 7 nitrogen and oxygen atoms in total. The molecule has 1 aliphatic rings. The van der Waals surface area contributed by atoms with Gasteiger partial charge < -0.3 is 25.6 Å². The minimum atomic E-state index is -1.21. The highest BCUT2D eigenvalue weighted by Crippen LogP contribution is 2.31. The summed E-state index contributed by atoms with van der Waals surface area (Å²) in [5.41, 5.74) is 8.08. The monoisotopic (exact) mass is 387 g/mol. The molecular weight excluding hydrogens is 358 g/mol. The summed E-state index contributed by atoms with van der Waals surface area (Å²) < 4.78 is 11.2. The van der Waals surface area contributed by atoms with Crippen LogP contribution in [0, 0.1) is 6.92 Å². The summed E-state index contributed by atoms with van der Waals surface area (Å²) in [6.45, 7) is 7.79. The van der Waals surface area contributed by atoms with E-state index in [-0.39, 0.29) is 23.8 Å². The van der Waals surface area contributed by atoms with Gasteiger partial charge in [0.25, 0.3) is 0 Å². The van der Waals surface area contributed by atoms with Crippen molar-refractivity contribution in [3.63, 3.8) is 0 Å². The smallest absolute Gasteiger partial charge is 0.352 e. The van der Waals surface area contributed by atoms with Crippen molar-refractivity contribution in [2.45, 2.75) is 45.3 Å². The van der Waals surface area contributed by atoms with Gasteiger partial charge in [-0.3, -0.25) is 0 Å². The predicted molar refractivity (Wildman–Crippen MR) is 109 cm³/mol. The summed E-state index contributed by atoms with van der Waals surface area (Å²) in [5, 5.41) is 12.3. The highest BCUT2D eigenvalue weighted by atomic mass is 16.5. The zero-order valence-electron chi connectivity index (χ0n) is 16.7. The van der Waals surface area contributed by atoms with Crippen LogP contribution in [0.25, 0.3) is 0 Å². The van der Waals surface area contributed by atoms with Crippen LogP contribution in [0.4, 0.5) is 0 Å². The topological polar surface area (TPSA) is 106 Å². The van der Waals surface area contributed by atoms with Gasteiger partial charge in [-0.15, -0.1) is 0 Å². The maximum atomic E-state index is 11.2. The maximum Gasteiger partial charge on any atom is 0.352 e. The molecule has 2 rings (SSSR count). The Bertz CT molecular complexity index is 768. The van der Waals surface area contributed by atoms with Gasteiger partial charge in [-0.05, 0) is 45.3 Å². The van der Waals surface area contributed by atoms with E-state index in [1.165, 1.54) is 18.2 Å². The Labute approximate surface area is 165 Å². The second kappa shape index (κ2) is 9.94. The minimum absolute atomic E-state index is 0.0279. The number of nitrogens with two attached hydrogens (primary N) is 1. The fourth-order valence-electron chi connectivity index (χ4n) is 3.00. The molecule has 0 radical (unpaired) electrons. The molecule has 0 aliphatic carbocycles. The number of methoxy groups -OCH3 is 1. The van der Waals surface area contributed by atoms with Crippen LogP contribution < -0.4 is 11.1 Å². The molecule has 0 aromatic heterocycles. The largest absolute Gasteiger partial charge is 0.481 e. The van der Waals surface area contributed by atoms with Crippen LogP contribution in [0.2, 0.25) is 0 Å². The van der Waals surface area contributed by atoms with Crippen LogP contribution in [-0.4, -0.2) is 36.7 Å². The van der Waals surface area contributed by atoms with Crippen LogP contribution >= 0.6 is 0 Å². The molecule has 2 atom stereocenters. The Hall–Kier alpha value is -2.80. The molecule has 1 aliphatic heterocycles. The molecule has 4 N–H and O–H groups in total. The van der Waals surface area contributed by atoms with Gasteiger partial charge in [-0.25, -0.2) is 4.79 Å². The van der Waals surface area contributed by atoms with Crippen LogP contribution in [0.5, 0.6) is 0 Å². The third-order valence-electron chi connectivity index (χ3n) is 4.76. The zero-order chi connectivity index (χ0) is 20.7. The molecule has 152 valence electrons. The van der Waals surface area contributed by atoms with E-state index in [2.05, 4.69) is 48.1 Å². The van der Waals surface area contributed by atoms with Crippen molar-refractivity contribution in [1.82, 2.24) is 5.32 Å². The molecule has 1 aromatic rings. The lowest BCUT2D eigenvalue weighted by Crippen LogP contribution is -2.37. The molecular formula is C21H29N3O4. The number of carboxylic acids is 1. The second-order valence-electron chi connectivity index (χ2n) is 6.87. The number of aliphatic imine (C=N–C) groups is 1. The Kier molecular flexibility index (Phi) is 7.63. The maximum absolute atomic E-state index is 11.2. The first kappa shape index (κ1) is 21.5. The summed E-state index contributed by atoms with van der Waals surface area (Å²) in [4.78, 5) is 15.4. The molecule has 7 heteroatoms. The van der Waals surface area contributed by atoms with Gasteiger partial charge in [0.2, 0.25) is 5.88 Å². The summed E-state index contributed by atoms with van der Waals surface area (Å²) in [7, 11) is 1.44. The third kappa shape index (κ3) is 5.85. The van der Waals surface area contributed by atoms with Crippen molar-refractivity contribution >= 4 is 11.8 Å². The average Bonchev–Trinajstić information content (AvgIpc) is 2.70. The van der Waals surface area contributed by atoms with Gasteiger partial charge in [-0.2, -0.15) is 4.99 Å². The SMILES string of the molecule is C=C(/N=C(NC[C@H]1CCC[C@@H](c2ccc(C)cc2)O1)\C(C)=C(/N)C(=O)O)OC. The number of carbonyl (C=O) groups is 1. The normalized spacial score (nSPS) is 20.9. The van der Waals surface area contributed by atoms with E-state index in [9.17, 15) is 4.79 Å². The molecule has 0 saturated carbocycles. The first-order valence-corrected chi connectivity index (χ1v) is 9.29. The number of amidine groups is 1. The van der Waals surface area contributed by atoms with Crippen molar-refractivity contribution in [2.75, 3.05) is 13.7 Å². The number of aryl methyl sites for hydroxylation is 1. The molecule has 1 fully saturated rings. The lowest BCUT2D eigenvalue weighted by atomic mass is 9.97. The number of nitrogens with one attached hydrogen (secondary N) is 1. The number of nitrogens with zero attached hydrogens (tertiary/aromatic N) is 1. The standard InChI is InChI=1S/C21H29N3O4/c1-13-8-10-16(11-9-13)18-7-5-6-17(28-18)12-23-20(24-15(3)27-4)14(2)19(22)21(25)26/h8-11,17-18H,3,5-7,12,22H2,1-2,4H3,(H,23,24)(H,25,26)/b19-14-/t17-,18+/m1/s1. The van der Waals surface area contributed by atoms with E-state index in [0.29, 0.717) is 18.0 Å². The average molecular weight is 387 g/mol. The molecule has 0 bridgehead atoms. The summed E-state index contributed by atoms with van der Waals surface area (Å²) in [6, 6.07) is 8.38. The van der Waals surface area contributed by atoms with Gasteiger partial charge in [0, 0.05) is 12.1 Å². The van der Waals surface area contributed by atoms with Gasteiger partial charge in [0.05, 0.1) is 19.3 Å². The number of hydrogen-bond acceptors (Lipinski definition) is 5. The molecule has 0 unspecified atom stereocenters. The van der Waals surface area contributed by atoms with Gasteiger partial charge in [0.1, 0.15) is 11.5 Å². The van der Waals surface area contributed by atoms with Crippen LogP contribution in [-0.2, 0) is 14.3 Å². The van der Waals surface area contributed by atoms with Crippen molar-refractivity contribution < 1.29 is 19.4 Å². The Morgan fingerprint density at radius 3 is 2.68 bits per heavy atom. The highest BCUT2D eigenvalue weighted by Gasteiger charge is 2.24. The number of hydrogen-bond donors (Lipinski definition) is 3. The summed E-state index contributed by atoms with van der Waals surface area (Å²) >= 11 is 0. The van der Waals surface area contributed by atoms with Crippen molar-refractivity contribution in [3.05, 3.63) is 59.1 Å². The summed E-state index contributed by atoms with van der Waals surface area (Å²) in [5.74, 6) is -0.738. The number of benzene rings is 1. The van der Waals surface area contributed by atoms with Crippen molar-refractivity contribution in [2.24, 2.45) is 10.7 Å². The molecule has 0 amide bonds. The first-order chi connectivity index (χ1) is 13.3. The van der Waals surface area contributed by atoms with E-state index < -0.39 is 5.97 Å². The Morgan fingerprint density at radius 1 is 1.39 bits per heavy atom. The van der Waals surface area contributed by atoms with Gasteiger partial charge >= 0.3 is 5.97 Å². The van der Waals surface area contributed by atoms with E-state index in [1.807, 2.05) is 0 Å². The molecule has 1 saturated heterocycles. The lowest BCUT2D eigenvalue weighted by Gasteiger charge is -2.31. The molecule has 28 heavy (non-hydrogen) atoms. The number of rotatable bonds is 7. The van der Waals surface area contributed by atoms with E-state index in [1.54, 1.807) is 6.92 Å². The van der Waals surface area contributed by atoms with Gasteiger partial charge in [0.15, 0.2) is 0 Å². The Balaban J connectivity index is 2.08. The third-order valence-corrected chi connectivity index (χ3v) is 4.76. The number of ether oxygens (including phenoxy) is 2. The van der Waals surface area contributed by atoms with Crippen LogP contribution in [0.15, 0.2) is 53.0 Å². The highest BCUT2D eigenvalue weighted by molar-refractivity contribution is 6.04. The van der Waals surface area contributed by atoms with E-state index in [4.69, 9.17) is 20.3 Å². The fourth-order valence-corrected chi connectivity index (χ4v) is 3.00. The van der Waals surface area contributed by atoms with Crippen molar-refractivity contribution in [3.8, 4) is 0 Å². The molecule has 1 aromatic carbocycles. The number of aliphatic carboxylic acids is 1. The molecule has 0 spiro atoms. The number of carboxylic acid groups (broad SMARTS) is 1. The lowest BCUT2D eigenvalue weighted by molar-refractivity contribution is -0.132. The van der Waals surface area contributed by atoms with Crippen molar-refractivity contribution in [1.29, 1.82) is 0 Å². The fraction of sp³-hybridized carbons (Fsp3) is 0.429. The predicted octanol–water partition coefficient (Wildman–Crippen LogP) is 3.03. The first-order valence-electron chi connectivity index (χ1n) is 9.29. The van der Waals surface area contributed by atoms with E-state index >= 15 is 0 Å². The van der Waals surface area contributed by atoms with Gasteiger partial charge in [-0.1, -0.05) is 29.8 Å². The van der Waals surface area contributed by atoms with Crippen LogP contribution in [0.3, 0.4) is 0 Å². The minimum Gasteiger partial charge on any atom is -0.481 e. The zero-order valence-corrected chi connectivity index (χ0v) is 16.7. The Morgan fingerprint density at radius 2 is 2.07 bits per heavy atom.